The second-order valence-corrected chi connectivity index (χ2v) is 4.30. The fraction of sp³-hybridized carbons (Fsp3) is 0.727. The average molecular weight is 258 g/mol. The standard InChI is InChI=1S/C11H18N2O5/c12-9(14)6-8(11(16)17)13-10(15)4-3-7-2-1-5-18-7/h7-8H,1-6H2,(H2,12,14)(H,13,15)(H,16,17)/t7?,8-/m0/s1. The molecule has 0 saturated carbocycles. The highest BCUT2D eigenvalue weighted by atomic mass is 16.5. The molecule has 1 heterocycles. The molecule has 1 aliphatic heterocycles. The van der Waals surface area contributed by atoms with Crippen molar-refractivity contribution in [1.82, 2.24) is 5.32 Å². The van der Waals surface area contributed by atoms with Gasteiger partial charge in [0.05, 0.1) is 12.5 Å². The lowest BCUT2D eigenvalue weighted by atomic mass is 10.1. The Morgan fingerprint density at radius 2 is 2.17 bits per heavy atom. The quantitative estimate of drug-likeness (QED) is 0.563. The Labute approximate surface area is 105 Å². The van der Waals surface area contributed by atoms with Crippen LogP contribution in [0.2, 0.25) is 0 Å². The number of carbonyl (C=O) groups is 3. The Kier molecular flexibility index (Phi) is 5.57. The summed E-state index contributed by atoms with van der Waals surface area (Å²) >= 11 is 0. The molecule has 1 aliphatic rings. The number of carboxylic acids is 1. The summed E-state index contributed by atoms with van der Waals surface area (Å²) in [5.74, 6) is -2.43. The first kappa shape index (κ1) is 14.4. The number of nitrogens with one attached hydrogen (secondary N) is 1. The lowest BCUT2D eigenvalue weighted by Gasteiger charge is -2.14. The predicted molar refractivity (Wildman–Crippen MR) is 61.6 cm³/mol. The largest absolute Gasteiger partial charge is 0.480 e. The van der Waals surface area contributed by atoms with Crippen LogP contribution in [0.3, 0.4) is 0 Å². The second-order valence-electron chi connectivity index (χ2n) is 4.30. The van der Waals surface area contributed by atoms with Crippen LogP contribution >= 0.6 is 0 Å². The van der Waals surface area contributed by atoms with Crippen LogP contribution in [0.5, 0.6) is 0 Å². The van der Waals surface area contributed by atoms with Crippen molar-refractivity contribution in [1.29, 1.82) is 0 Å². The minimum Gasteiger partial charge on any atom is -0.480 e. The molecule has 0 bridgehead atoms. The van der Waals surface area contributed by atoms with Crippen LogP contribution < -0.4 is 11.1 Å². The highest BCUT2D eigenvalue weighted by Gasteiger charge is 2.23. The van der Waals surface area contributed by atoms with Gasteiger partial charge in [0.25, 0.3) is 0 Å². The molecule has 0 aromatic heterocycles. The number of carbonyl (C=O) groups excluding carboxylic acids is 2. The van der Waals surface area contributed by atoms with Gasteiger partial charge in [-0.1, -0.05) is 0 Å². The van der Waals surface area contributed by atoms with Gasteiger partial charge in [0, 0.05) is 13.0 Å². The summed E-state index contributed by atoms with van der Waals surface area (Å²) in [6, 6.07) is -1.25. The van der Waals surface area contributed by atoms with E-state index >= 15 is 0 Å². The zero-order valence-corrected chi connectivity index (χ0v) is 10.1. The van der Waals surface area contributed by atoms with E-state index in [-0.39, 0.29) is 12.5 Å². The molecule has 4 N–H and O–H groups in total. The Bertz CT molecular complexity index is 325. The van der Waals surface area contributed by atoms with Gasteiger partial charge in [-0.05, 0) is 19.3 Å². The molecule has 7 heteroatoms. The molecule has 102 valence electrons. The molecule has 1 fully saturated rings. The first-order valence-corrected chi connectivity index (χ1v) is 5.91. The zero-order chi connectivity index (χ0) is 13.5. The van der Waals surface area contributed by atoms with Gasteiger partial charge in [-0.3, -0.25) is 9.59 Å². The summed E-state index contributed by atoms with van der Waals surface area (Å²) in [6.07, 6.45) is 2.35. The number of nitrogens with two attached hydrogens (primary N) is 1. The van der Waals surface area contributed by atoms with E-state index in [1.165, 1.54) is 0 Å². The summed E-state index contributed by atoms with van der Waals surface area (Å²) in [5, 5.41) is 11.1. The molecule has 7 nitrogen and oxygen atoms in total. The van der Waals surface area contributed by atoms with Gasteiger partial charge in [-0.25, -0.2) is 4.79 Å². The van der Waals surface area contributed by atoms with Crippen LogP contribution in [-0.4, -0.2) is 41.6 Å². The first-order chi connectivity index (χ1) is 8.49. The topological polar surface area (TPSA) is 119 Å². The Balaban J connectivity index is 2.31. The normalized spacial score (nSPS) is 20.3. The van der Waals surface area contributed by atoms with Crippen LogP contribution in [0.4, 0.5) is 0 Å². The van der Waals surface area contributed by atoms with Gasteiger partial charge >= 0.3 is 5.97 Å². The Hall–Kier alpha value is -1.63. The summed E-state index contributed by atoms with van der Waals surface area (Å²) < 4.78 is 5.35. The molecule has 0 aromatic carbocycles. The third kappa shape index (κ3) is 5.13. The van der Waals surface area contributed by atoms with Crippen molar-refractivity contribution in [3.8, 4) is 0 Å². The number of hydrogen-bond donors (Lipinski definition) is 3. The van der Waals surface area contributed by atoms with Crippen molar-refractivity contribution in [3.05, 3.63) is 0 Å². The summed E-state index contributed by atoms with van der Waals surface area (Å²) in [4.78, 5) is 32.9. The third-order valence-electron chi connectivity index (χ3n) is 2.76. The van der Waals surface area contributed by atoms with Gasteiger partial charge in [0.15, 0.2) is 0 Å². The number of ether oxygens (including phenoxy) is 1. The van der Waals surface area contributed by atoms with Crippen LogP contribution in [0.25, 0.3) is 0 Å². The fourth-order valence-corrected chi connectivity index (χ4v) is 1.83. The number of primary amides is 1. The Morgan fingerprint density at radius 3 is 2.67 bits per heavy atom. The van der Waals surface area contributed by atoms with Crippen molar-refractivity contribution in [3.63, 3.8) is 0 Å². The van der Waals surface area contributed by atoms with E-state index in [4.69, 9.17) is 15.6 Å². The SMILES string of the molecule is NC(=O)C[C@H](NC(=O)CCC1CCCO1)C(=O)O. The molecular weight excluding hydrogens is 240 g/mol. The monoisotopic (exact) mass is 258 g/mol. The van der Waals surface area contributed by atoms with Crippen molar-refractivity contribution >= 4 is 17.8 Å². The van der Waals surface area contributed by atoms with Gasteiger partial charge in [0.1, 0.15) is 6.04 Å². The minimum absolute atomic E-state index is 0.0789. The number of rotatable bonds is 7. The molecule has 0 radical (unpaired) electrons. The van der Waals surface area contributed by atoms with E-state index in [0.29, 0.717) is 13.0 Å². The highest BCUT2D eigenvalue weighted by Crippen LogP contribution is 2.16. The van der Waals surface area contributed by atoms with Crippen LogP contribution in [0.1, 0.15) is 32.1 Å². The average Bonchev–Trinajstić information content (AvgIpc) is 2.77. The van der Waals surface area contributed by atoms with E-state index in [2.05, 4.69) is 5.32 Å². The van der Waals surface area contributed by atoms with Crippen LogP contribution in [0.15, 0.2) is 0 Å². The van der Waals surface area contributed by atoms with Crippen molar-refractivity contribution < 1.29 is 24.2 Å². The minimum atomic E-state index is -1.26. The van der Waals surface area contributed by atoms with E-state index in [1.54, 1.807) is 0 Å². The maximum atomic E-state index is 11.5. The maximum Gasteiger partial charge on any atom is 0.326 e. The van der Waals surface area contributed by atoms with Crippen molar-refractivity contribution in [2.24, 2.45) is 5.73 Å². The van der Waals surface area contributed by atoms with Gasteiger partial charge < -0.3 is 20.9 Å². The molecule has 1 rings (SSSR count). The molecule has 0 aromatic rings. The molecular formula is C11H18N2O5. The zero-order valence-electron chi connectivity index (χ0n) is 10.1. The van der Waals surface area contributed by atoms with Gasteiger partial charge in [-0.15, -0.1) is 0 Å². The van der Waals surface area contributed by atoms with E-state index in [9.17, 15) is 14.4 Å². The van der Waals surface area contributed by atoms with Crippen molar-refractivity contribution in [2.75, 3.05) is 6.61 Å². The Morgan fingerprint density at radius 1 is 1.44 bits per heavy atom. The molecule has 1 saturated heterocycles. The smallest absolute Gasteiger partial charge is 0.326 e. The lowest BCUT2D eigenvalue weighted by molar-refractivity contribution is -0.143. The van der Waals surface area contributed by atoms with Crippen molar-refractivity contribution in [2.45, 2.75) is 44.2 Å². The molecule has 1 unspecified atom stereocenters. The fourth-order valence-electron chi connectivity index (χ4n) is 1.83. The number of aliphatic carboxylic acids is 1. The molecule has 0 spiro atoms. The third-order valence-corrected chi connectivity index (χ3v) is 2.76. The maximum absolute atomic E-state index is 11.5. The molecule has 0 aliphatic carbocycles. The van der Waals surface area contributed by atoms with Gasteiger partial charge in [0.2, 0.25) is 11.8 Å². The molecule has 18 heavy (non-hydrogen) atoms. The summed E-state index contributed by atoms with van der Waals surface area (Å²) in [5.41, 5.74) is 4.91. The number of amides is 2. The first-order valence-electron chi connectivity index (χ1n) is 5.91. The molecule has 2 atom stereocenters. The number of carboxylic acid groups (broad SMARTS) is 1. The van der Waals surface area contributed by atoms with E-state index in [0.717, 1.165) is 12.8 Å². The van der Waals surface area contributed by atoms with Crippen LogP contribution in [0, 0.1) is 0 Å². The van der Waals surface area contributed by atoms with E-state index in [1.807, 2.05) is 0 Å². The highest BCUT2D eigenvalue weighted by molar-refractivity contribution is 5.88. The number of hydrogen-bond acceptors (Lipinski definition) is 4. The van der Waals surface area contributed by atoms with Gasteiger partial charge in [-0.2, -0.15) is 0 Å². The summed E-state index contributed by atoms with van der Waals surface area (Å²) in [6.45, 7) is 0.714. The lowest BCUT2D eigenvalue weighted by Crippen LogP contribution is -2.43. The predicted octanol–water partition coefficient (Wildman–Crippen LogP) is -0.610. The van der Waals surface area contributed by atoms with Crippen LogP contribution in [-0.2, 0) is 19.1 Å². The summed E-state index contributed by atoms with van der Waals surface area (Å²) in [7, 11) is 0. The van der Waals surface area contributed by atoms with E-state index < -0.39 is 30.2 Å². The second kappa shape index (κ2) is 6.95. The molecule has 2 amide bonds.